The number of sulfone groups is 1. The van der Waals surface area contributed by atoms with Gasteiger partial charge < -0.3 is 5.32 Å². The van der Waals surface area contributed by atoms with Crippen molar-refractivity contribution in [2.75, 3.05) is 11.1 Å². The molecule has 2 aromatic rings. The molecule has 6 heteroatoms. The van der Waals surface area contributed by atoms with E-state index in [1.807, 2.05) is 12.1 Å². The second-order valence-corrected chi connectivity index (χ2v) is 7.44. The van der Waals surface area contributed by atoms with Gasteiger partial charge in [-0.3, -0.25) is 4.98 Å². The molecule has 0 aliphatic carbocycles. The van der Waals surface area contributed by atoms with Gasteiger partial charge in [0.1, 0.15) is 0 Å². The molecule has 1 heterocycles. The van der Waals surface area contributed by atoms with Crippen molar-refractivity contribution in [3.63, 3.8) is 0 Å². The number of hydrogen-bond donors (Lipinski definition) is 1. The van der Waals surface area contributed by atoms with Crippen LogP contribution in [-0.2, 0) is 16.4 Å². The number of pyridine rings is 1. The third-order valence-electron chi connectivity index (χ3n) is 2.86. The van der Waals surface area contributed by atoms with Gasteiger partial charge >= 0.3 is 0 Å². The largest absolute Gasteiger partial charge is 0.379 e. The van der Waals surface area contributed by atoms with Gasteiger partial charge in [0.25, 0.3) is 0 Å². The molecule has 1 N–H and O–H groups in total. The number of benzene rings is 1. The summed E-state index contributed by atoms with van der Waals surface area (Å²) in [7, 11) is -3.13. The number of nitrogens with zero attached hydrogens (tertiary/aromatic N) is 1. The molecule has 0 aliphatic rings. The Morgan fingerprint density at radius 2 is 1.85 bits per heavy atom. The molecule has 2 rings (SSSR count). The summed E-state index contributed by atoms with van der Waals surface area (Å²) < 4.78 is 24.3. The molecule has 0 aliphatic heterocycles. The van der Waals surface area contributed by atoms with Gasteiger partial charge in [-0.1, -0.05) is 6.92 Å². The first-order valence-electron chi connectivity index (χ1n) is 6.18. The van der Waals surface area contributed by atoms with Crippen molar-refractivity contribution in [1.82, 2.24) is 4.98 Å². The standard InChI is InChI=1S/C14H15BrN2O2S/c1-2-20(18,19)14-7-5-12(6-8-14)17-10-13-4-3-11(15)9-16-13/h3-9,17H,2,10H2,1H3. The highest BCUT2D eigenvalue weighted by Gasteiger charge is 2.10. The molecule has 1 aromatic carbocycles. The van der Waals surface area contributed by atoms with Gasteiger partial charge in [-0.05, 0) is 52.3 Å². The van der Waals surface area contributed by atoms with Gasteiger partial charge in [0.05, 0.1) is 22.9 Å². The van der Waals surface area contributed by atoms with Crippen molar-refractivity contribution < 1.29 is 8.42 Å². The Morgan fingerprint density at radius 1 is 1.15 bits per heavy atom. The lowest BCUT2D eigenvalue weighted by atomic mass is 10.3. The second-order valence-electron chi connectivity index (χ2n) is 4.25. The normalized spacial score (nSPS) is 11.3. The van der Waals surface area contributed by atoms with Crippen LogP contribution in [0.15, 0.2) is 52.0 Å². The molecule has 0 saturated heterocycles. The van der Waals surface area contributed by atoms with E-state index in [1.165, 1.54) is 0 Å². The quantitative estimate of drug-likeness (QED) is 0.895. The van der Waals surface area contributed by atoms with E-state index in [0.717, 1.165) is 15.9 Å². The average Bonchev–Trinajstić information content (AvgIpc) is 2.47. The van der Waals surface area contributed by atoms with Crippen molar-refractivity contribution in [3.8, 4) is 0 Å². The molecular formula is C14H15BrN2O2S. The minimum atomic E-state index is -3.13. The maximum absolute atomic E-state index is 11.7. The molecule has 0 amide bonds. The minimum absolute atomic E-state index is 0.114. The maximum atomic E-state index is 11.7. The first-order valence-corrected chi connectivity index (χ1v) is 8.63. The molecule has 4 nitrogen and oxygen atoms in total. The first-order chi connectivity index (χ1) is 9.51. The molecular weight excluding hydrogens is 340 g/mol. The lowest BCUT2D eigenvalue weighted by Crippen LogP contribution is -2.04. The van der Waals surface area contributed by atoms with Gasteiger partial charge in [0.15, 0.2) is 9.84 Å². The molecule has 20 heavy (non-hydrogen) atoms. The van der Waals surface area contributed by atoms with Crippen LogP contribution in [0.3, 0.4) is 0 Å². The van der Waals surface area contributed by atoms with Crippen molar-refractivity contribution in [2.45, 2.75) is 18.4 Å². The highest BCUT2D eigenvalue weighted by molar-refractivity contribution is 9.10. The number of hydrogen-bond acceptors (Lipinski definition) is 4. The monoisotopic (exact) mass is 354 g/mol. The molecule has 0 saturated carbocycles. The zero-order valence-electron chi connectivity index (χ0n) is 11.0. The van der Waals surface area contributed by atoms with Crippen LogP contribution in [0.2, 0.25) is 0 Å². The van der Waals surface area contributed by atoms with Crippen LogP contribution in [-0.4, -0.2) is 19.2 Å². The molecule has 0 spiro atoms. The summed E-state index contributed by atoms with van der Waals surface area (Å²) in [6.07, 6.45) is 1.74. The highest BCUT2D eigenvalue weighted by Crippen LogP contribution is 2.16. The Hall–Kier alpha value is -1.40. The summed E-state index contributed by atoms with van der Waals surface area (Å²) in [5.74, 6) is 0.114. The topological polar surface area (TPSA) is 59.1 Å². The molecule has 0 unspecified atom stereocenters. The van der Waals surface area contributed by atoms with E-state index >= 15 is 0 Å². The smallest absolute Gasteiger partial charge is 0.178 e. The fourth-order valence-electron chi connectivity index (χ4n) is 1.65. The predicted molar refractivity (Wildman–Crippen MR) is 83.4 cm³/mol. The summed E-state index contributed by atoms with van der Waals surface area (Å²) in [6, 6.07) is 10.6. The molecule has 0 atom stereocenters. The number of aromatic nitrogens is 1. The highest BCUT2D eigenvalue weighted by atomic mass is 79.9. The van der Waals surface area contributed by atoms with E-state index in [-0.39, 0.29) is 5.75 Å². The zero-order chi connectivity index (χ0) is 14.6. The molecule has 1 aromatic heterocycles. The Kier molecular flexibility index (Phi) is 4.77. The SMILES string of the molecule is CCS(=O)(=O)c1ccc(NCc2ccc(Br)cn2)cc1. The fourth-order valence-corrected chi connectivity index (χ4v) is 2.77. The van der Waals surface area contributed by atoms with E-state index in [0.29, 0.717) is 11.4 Å². The molecule has 0 fully saturated rings. The van der Waals surface area contributed by atoms with Crippen molar-refractivity contribution in [3.05, 3.63) is 52.8 Å². The van der Waals surface area contributed by atoms with Crippen LogP contribution in [0.1, 0.15) is 12.6 Å². The summed E-state index contributed by atoms with van der Waals surface area (Å²) in [4.78, 5) is 4.61. The summed E-state index contributed by atoms with van der Waals surface area (Å²) in [5.41, 5.74) is 1.78. The van der Waals surface area contributed by atoms with E-state index < -0.39 is 9.84 Å². The Morgan fingerprint density at radius 3 is 2.40 bits per heavy atom. The van der Waals surface area contributed by atoms with Crippen molar-refractivity contribution in [2.24, 2.45) is 0 Å². The minimum Gasteiger partial charge on any atom is -0.379 e. The van der Waals surface area contributed by atoms with Gasteiger partial charge in [-0.15, -0.1) is 0 Å². The van der Waals surface area contributed by atoms with Crippen molar-refractivity contribution >= 4 is 31.5 Å². The summed E-state index contributed by atoms with van der Waals surface area (Å²) in [5, 5.41) is 3.20. The van der Waals surface area contributed by atoms with Crippen LogP contribution in [0, 0.1) is 0 Å². The van der Waals surface area contributed by atoms with Crippen LogP contribution in [0.5, 0.6) is 0 Å². The van der Waals surface area contributed by atoms with Crippen LogP contribution in [0.4, 0.5) is 5.69 Å². The lowest BCUT2D eigenvalue weighted by Gasteiger charge is -2.07. The van der Waals surface area contributed by atoms with Crippen molar-refractivity contribution in [1.29, 1.82) is 0 Å². The van der Waals surface area contributed by atoms with Gasteiger partial charge in [-0.25, -0.2) is 8.42 Å². The molecule has 106 valence electrons. The maximum Gasteiger partial charge on any atom is 0.178 e. The summed E-state index contributed by atoms with van der Waals surface area (Å²) >= 11 is 3.33. The van der Waals surface area contributed by atoms with Gasteiger partial charge in [0, 0.05) is 16.4 Å². The van der Waals surface area contributed by atoms with E-state index in [9.17, 15) is 8.42 Å². The molecule has 0 bridgehead atoms. The van der Waals surface area contributed by atoms with Crippen LogP contribution < -0.4 is 5.32 Å². The average molecular weight is 355 g/mol. The molecule has 0 radical (unpaired) electrons. The summed E-state index contributed by atoms with van der Waals surface area (Å²) in [6.45, 7) is 2.23. The number of rotatable bonds is 5. The zero-order valence-corrected chi connectivity index (χ0v) is 13.4. The first kappa shape index (κ1) is 15.0. The van der Waals surface area contributed by atoms with Crippen LogP contribution >= 0.6 is 15.9 Å². The van der Waals surface area contributed by atoms with Gasteiger partial charge in [-0.2, -0.15) is 0 Å². The number of anilines is 1. The predicted octanol–water partition coefficient (Wildman–Crippen LogP) is 3.25. The van der Waals surface area contributed by atoms with Crippen LogP contribution in [0.25, 0.3) is 0 Å². The van der Waals surface area contributed by atoms with Gasteiger partial charge in [0.2, 0.25) is 0 Å². The number of nitrogens with one attached hydrogen (secondary N) is 1. The third-order valence-corrected chi connectivity index (χ3v) is 5.08. The van der Waals surface area contributed by atoms with E-state index in [1.54, 1.807) is 37.4 Å². The van der Waals surface area contributed by atoms with E-state index in [4.69, 9.17) is 0 Å². The van der Waals surface area contributed by atoms with E-state index in [2.05, 4.69) is 26.2 Å². The lowest BCUT2D eigenvalue weighted by molar-refractivity contribution is 0.597. The third kappa shape index (κ3) is 3.80. The Bertz CT molecular complexity index is 667. The number of halogens is 1. The fraction of sp³-hybridized carbons (Fsp3) is 0.214. The Labute approximate surface area is 127 Å². The Balaban J connectivity index is 2.03. The second kappa shape index (κ2) is 6.37.